The molecule has 1 saturated heterocycles. The SMILES string of the molecule is Cc1scc(CN2CCNCC2)c1N. The Labute approximate surface area is 88.9 Å². The van der Waals surface area contributed by atoms with Crippen LogP contribution in [0.4, 0.5) is 5.69 Å². The Morgan fingerprint density at radius 3 is 2.79 bits per heavy atom. The normalized spacial score (nSPS) is 18.6. The number of nitrogens with two attached hydrogens (primary N) is 1. The lowest BCUT2D eigenvalue weighted by Gasteiger charge is -2.26. The molecule has 14 heavy (non-hydrogen) atoms. The Bertz CT molecular complexity index is 302. The number of rotatable bonds is 2. The quantitative estimate of drug-likeness (QED) is 0.768. The summed E-state index contributed by atoms with van der Waals surface area (Å²) in [7, 11) is 0. The van der Waals surface area contributed by atoms with Gasteiger partial charge in [0.05, 0.1) is 0 Å². The molecular weight excluding hydrogens is 194 g/mol. The smallest absolute Gasteiger partial charge is 0.0498 e. The van der Waals surface area contributed by atoms with Crippen LogP contribution in [-0.4, -0.2) is 31.1 Å². The van der Waals surface area contributed by atoms with Crippen LogP contribution in [0.15, 0.2) is 5.38 Å². The van der Waals surface area contributed by atoms with Gasteiger partial charge in [0.1, 0.15) is 0 Å². The monoisotopic (exact) mass is 211 g/mol. The van der Waals surface area contributed by atoms with Gasteiger partial charge in [0.15, 0.2) is 0 Å². The number of hydrogen-bond donors (Lipinski definition) is 2. The first-order valence-electron chi connectivity index (χ1n) is 5.03. The van der Waals surface area contributed by atoms with E-state index < -0.39 is 0 Å². The van der Waals surface area contributed by atoms with Crippen molar-refractivity contribution in [3.8, 4) is 0 Å². The number of piperazine rings is 1. The van der Waals surface area contributed by atoms with Crippen molar-refractivity contribution in [2.24, 2.45) is 0 Å². The molecule has 1 aliphatic rings. The fourth-order valence-corrected chi connectivity index (χ4v) is 2.52. The Hall–Kier alpha value is -0.580. The zero-order valence-corrected chi connectivity index (χ0v) is 9.36. The molecule has 2 rings (SSSR count). The fourth-order valence-electron chi connectivity index (χ4n) is 1.75. The third kappa shape index (κ3) is 2.08. The summed E-state index contributed by atoms with van der Waals surface area (Å²) in [5.41, 5.74) is 8.28. The molecule has 0 saturated carbocycles. The van der Waals surface area contributed by atoms with Crippen molar-refractivity contribution >= 4 is 17.0 Å². The topological polar surface area (TPSA) is 41.3 Å². The Morgan fingerprint density at radius 1 is 1.50 bits per heavy atom. The second kappa shape index (κ2) is 4.29. The molecule has 0 amide bonds. The highest BCUT2D eigenvalue weighted by Gasteiger charge is 2.12. The van der Waals surface area contributed by atoms with Crippen molar-refractivity contribution in [3.63, 3.8) is 0 Å². The number of nitrogen functional groups attached to an aromatic ring is 1. The summed E-state index contributed by atoms with van der Waals surface area (Å²) in [5, 5.41) is 5.54. The maximum Gasteiger partial charge on any atom is 0.0498 e. The fraction of sp³-hybridized carbons (Fsp3) is 0.600. The summed E-state index contributed by atoms with van der Waals surface area (Å²) in [6, 6.07) is 0. The molecule has 78 valence electrons. The van der Waals surface area contributed by atoms with E-state index in [1.165, 1.54) is 10.4 Å². The van der Waals surface area contributed by atoms with Gasteiger partial charge in [-0.25, -0.2) is 0 Å². The van der Waals surface area contributed by atoms with E-state index in [4.69, 9.17) is 5.73 Å². The molecular formula is C10H17N3S. The number of anilines is 1. The summed E-state index contributed by atoms with van der Waals surface area (Å²) in [6.45, 7) is 7.56. The van der Waals surface area contributed by atoms with E-state index in [0.29, 0.717) is 0 Å². The van der Waals surface area contributed by atoms with E-state index in [0.717, 1.165) is 38.4 Å². The van der Waals surface area contributed by atoms with E-state index >= 15 is 0 Å². The highest BCUT2D eigenvalue weighted by Crippen LogP contribution is 2.25. The average Bonchev–Trinajstić information content (AvgIpc) is 2.52. The molecule has 3 N–H and O–H groups in total. The molecule has 0 spiro atoms. The minimum absolute atomic E-state index is 0.994. The van der Waals surface area contributed by atoms with Gasteiger partial charge in [-0.1, -0.05) is 0 Å². The van der Waals surface area contributed by atoms with Crippen LogP contribution in [0.2, 0.25) is 0 Å². The van der Waals surface area contributed by atoms with Crippen LogP contribution in [0.1, 0.15) is 10.4 Å². The van der Waals surface area contributed by atoms with E-state index in [1.54, 1.807) is 11.3 Å². The first-order valence-corrected chi connectivity index (χ1v) is 5.91. The number of nitrogens with zero attached hydrogens (tertiary/aromatic N) is 1. The zero-order valence-electron chi connectivity index (χ0n) is 8.55. The second-order valence-corrected chi connectivity index (χ2v) is 4.84. The van der Waals surface area contributed by atoms with Crippen LogP contribution in [0.25, 0.3) is 0 Å². The van der Waals surface area contributed by atoms with Gasteiger partial charge in [0.25, 0.3) is 0 Å². The van der Waals surface area contributed by atoms with Crippen LogP contribution in [0, 0.1) is 6.92 Å². The van der Waals surface area contributed by atoms with E-state index in [1.807, 2.05) is 0 Å². The highest BCUT2D eigenvalue weighted by molar-refractivity contribution is 7.10. The van der Waals surface area contributed by atoms with Crippen molar-refractivity contribution in [3.05, 3.63) is 15.8 Å². The summed E-state index contributed by atoms with van der Waals surface area (Å²) >= 11 is 1.75. The van der Waals surface area contributed by atoms with Gasteiger partial charge < -0.3 is 11.1 Å². The molecule has 0 radical (unpaired) electrons. The van der Waals surface area contributed by atoms with Crippen LogP contribution in [-0.2, 0) is 6.54 Å². The maximum atomic E-state index is 5.99. The summed E-state index contributed by atoms with van der Waals surface area (Å²) in [6.07, 6.45) is 0. The molecule has 0 unspecified atom stereocenters. The summed E-state index contributed by atoms with van der Waals surface area (Å²) in [5.74, 6) is 0. The van der Waals surface area contributed by atoms with Crippen LogP contribution < -0.4 is 11.1 Å². The van der Waals surface area contributed by atoms with Crippen molar-refractivity contribution in [1.29, 1.82) is 0 Å². The van der Waals surface area contributed by atoms with Crippen molar-refractivity contribution < 1.29 is 0 Å². The number of nitrogens with one attached hydrogen (secondary N) is 1. The van der Waals surface area contributed by atoms with Gasteiger partial charge in [-0.05, 0) is 12.3 Å². The highest BCUT2D eigenvalue weighted by atomic mass is 32.1. The van der Waals surface area contributed by atoms with Gasteiger partial charge >= 0.3 is 0 Å². The third-order valence-electron chi connectivity index (χ3n) is 2.71. The standard InChI is InChI=1S/C10H17N3S/c1-8-10(11)9(7-14-8)6-13-4-2-12-3-5-13/h7,12H,2-6,11H2,1H3. The number of hydrogen-bond acceptors (Lipinski definition) is 4. The first-order chi connectivity index (χ1) is 6.77. The third-order valence-corrected chi connectivity index (χ3v) is 3.68. The van der Waals surface area contributed by atoms with E-state index in [9.17, 15) is 0 Å². The van der Waals surface area contributed by atoms with Crippen LogP contribution in [0.5, 0.6) is 0 Å². The zero-order chi connectivity index (χ0) is 9.97. The minimum Gasteiger partial charge on any atom is -0.398 e. The molecule has 0 bridgehead atoms. The Kier molecular flexibility index (Phi) is 3.05. The molecule has 3 nitrogen and oxygen atoms in total. The lowest BCUT2D eigenvalue weighted by Crippen LogP contribution is -2.42. The van der Waals surface area contributed by atoms with Gasteiger partial charge in [-0.3, -0.25) is 4.90 Å². The average molecular weight is 211 g/mol. The van der Waals surface area contributed by atoms with Crippen molar-refractivity contribution in [2.45, 2.75) is 13.5 Å². The Morgan fingerprint density at radius 2 is 2.21 bits per heavy atom. The predicted molar refractivity (Wildman–Crippen MR) is 61.6 cm³/mol. The molecule has 0 atom stereocenters. The second-order valence-electron chi connectivity index (χ2n) is 3.76. The van der Waals surface area contributed by atoms with Crippen LogP contribution >= 0.6 is 11.3 Å². The molecule has 0 aliphatic carbocycles. The molecule has 1 aromatic rings. The molecule has 1 fully saturated rings. The number of thiophene rings is 1. The van der Waals surface area contributed by atoms with Gasteiger partial charge in [0.2, 0.25) is 0 Å². The Balaban J connectivity index is 1.99. The lowest BCUT2D eigenvalue weighted by atomic mass is 10.2. The number of aryl methyl sites for hydroxylation is 1. The van der Waals surface area contributed by atoms with E-state index in [2.05, 4.69) is 22.5 Å². The van der Waals surface area contributed by atoms with Gasteiger partial charge in [-0.15, -0.1) is 11.3 Å². The predicted octanol–water partition coefficient (Wildman–Crippen LogP) is 1.04. The molecule has 1 aliphatic heterocycles. The molecule has 2 heterocycles. The van der Waals surface area contributed by atoms with Crippen LogP contribution in [0.3, 0.4) is 0 Å². The van der Waals surface area contributed by atoms with Crippen molar-refractivity contribution in [2.75, 3.05) is 31.9 Å². The van der Waals surface area contributed by atoms with Gasteiger partial charge in [-0.2, -0.15) is 0 Å². The first kappa shape index (κ1) is 9.96. The molecule has 0 aromatic carbocycles. The van der Waals surface area contributed by atoms with E-state index in [-0.39, 0.29) is 0 Å². The lowest BCUT2D eigenvalue weighted by molar-refractivity contribution is 0.234. The molecule has 4 heteroatoms. The maximum absolute atomic E-state index is 5.99. The van der Waals surface area contributed by atoms with Gasteiger partial charge in [0, 0.05) is 48.9 Å². The molecule has 1 aromatic heterocycles. The van der Waals surface area contributed by atoms with Crippen molar-refractivity contribution in [1.82, 2.24) is 10.2 Å². The summed E-state index contributed by atoms with van der Waals surface area (Å²) < 4.78 is 0. The largest absolute Gasteiger partial charge is 0.398 e. The minimum atomic E-state index is 0.994. The summed E-state index contributed by atoms with van der Waals surface area (Å²) in [4.78, 5) is 3.70.